The van der Waals surface area contributed by atoms with Gasteiger partial charge in [0.15, 0.2) is 5.79 Å². The van der Waals surface area contributed by atoms with Crippen molar-refractivity contribution >= 4 is 17.5 Å². The monoisotopic (exact) mass is 379 g/mol. The number of hydrogen-bond donors (Lipinski definition) is 0. The number of ether oxygens (including phenoxy) is 2. The lowest BCUT2D eigenvalue weighted by molar-refractivity contribution is -0.181. The molecule has 4 rings (SSSR count). The first kappa shape index (κ1) is 17.5. The highest BCUT2D eigenvalue weighted by atomic mass is 35.5. The lowest BCUT2D eigenvalue weighted by Crippen LogP contribution is -2.47. The number of piperidine rings is 1. The van der Waals surface area contributed by atoms with Gasteiger partial charge in [0.2, 0.25) is 0 Å². The Labute approximate surface area is 155 Å². The second-order valence-corrected chi connectivity index (χ2v) is 6.90. The van der Waals surface area contributed by atoms with Crippen LogP contribution in [0.5, 0.6) is 0 Å². The fourth-order valence-corrected chi connectivity index (χ4v) is 3.84. The van der Waals surface area contributed by atoms with Gasteiger partial charge < -0.3 is 14.4 Å². The fourth-order valence-electron chi connectivity index (χ4n) is 3.49. The number of carbonyl (C=O) groups excluding carboxylic acids is 1. The van der Waals surface area contributed by atoms with Crippen molar-refractivity contribution in [3.8, 4) is 5.69 Å². The average molecular weight is 380 g/mol. The molecule has 8 heteroatoms. The van der Waals surface area contributed by atoms with Crippen LogP contribution < -0.4 is 0 Å². The number of rotatable bonds is 2. The molecule has 2 fully saturated rings. The topological polar surface area (TPSA) is 56.6 Å². The van der Waals surface area contributed by atoms with Crippen LogP contribution in [-0.2, 0) is 9.47 Å². The van der Waals surface area contributed by atoms with Gasteiger partial charge in [0.25, 0.3) is 5.91 Å². The van der Waals surface area contributed by atoms with Crippen LogP contribution >= 0.6 is 11.6 Å². The summed E-state index contributed by atoms with van der Waals surface area (Å²) in [5.74, 6) is -1.04. The maximum absolute atomic E-state index is 13.1. The van der Waals surface area contributed by atoms with Gasteiger partial charge in [-0.1, -0.05) is 11.6 Å². The standard InChI is InChI=1S/C18H19ClFN3O3/c1-12-15(16(19)23(21-12)14-4-2-13(20)3-5-14)17(24)22-8-6-18(7-9-22)25-10-11-26-18/h2-5H,6-11H2,1H3. The van der Waals surface area contributed by atoms with Crippen molar-refractivity contribution in [1.82, 2.24) is 14.7 Å². The summed E-state index contributed by atoms with van der Waals surface area (Å²) >= 11 is 6.45. The first-order valence-corrected chi connectivity index (χ1v) is 8.95. The predicted molar refractivity (Wildman–Crippen MR) is 93.0 cm³/mol. The molecule has 138 valence electrons. The molecule has 1 aromatic carbocycles. The number of aryl methyl sites for hydroxylation is 1. The van der Waals surface area contributed by atoms with E-state index in [0.717, 1.165) is 0 Å². The van der Waals surface area contributed by atoms with Crippen molar-refractivity contribution in [2.24, 2.45) is 0 Å². The van der Waals surface area contributed by atoms with Gasteiger partial charge in [-0.3, -0.25) is 4.79 Å². The van der Waals surface area contributed by atoms with Crippen LogP contribution in [0.1, 0.15) is 28.9 Å². The molecule has 0 unspecified atom stereocenters. The van der Waals surface area contributed by atoms with E-state index in [1.165, 1.54) is 16.8 Å². The normalized spacial score (nSPS) is 19.3. The van der Waals surface area contributed by atoms with Crippen LogP contribution in [0.2, 0.25) is 5.15 Å². The average Bonchev–Trinajstić information content (AvgIpc) is 3.20. The zero-order valence-corrected chi connectivity index (χ0v) is 15.1. The van der Waals surface area contributed by atoms with E-state index in [1.807, 2.05) is 0 Å². The number of amides is 1. The minimum atomic E-state index is -0.534. The third kappa shape index (κ3) is 3.00. The maximum Gasteiger partial charge on any atom is 0.258 e. The fraction of sp³-hybridized carbons (Fsp3) is 0.444. The van der Waals surface area contributed by atoms with Crippen molar-refractivity contribution in [3.63, 3.8) is 0 Å². The highest BCUT2D eigenvalue weighted by Crippen LogP contribution is 2.33. The smallest absolute Gasteiger partial charge is 0.258 e. The Morgan fingerprint density at radius 1 is 1.19 bits per heavy atom. The Bertz CT molecular complexity index is 821. The summed E-state index contributed by atoms with van der Waals surface area (Å²) < 4.78 is 26.0. The van der Waals surface area contributed by atoms with Gasteiger partial charge in [-0.25, -0.2) is 9.07 Å². The number of carbonyl (C=O) groups is 1. The molecule has 0 radical (unpaired) electrons. The van der Waals surface area contributed by atoms with E-state index in [4.69, 9.17) is 21.1 Å². The molecular formula is C18H19ClFN3O3. The van der Waals surface area contributed by atoms with Crippen molar-refractivity contribution in [2.75, 3.05) is 26.3 Å². The van der Waals surface area contributed by atoms with Crippen LogP contribution in [0, 0.1) is 12.7 Å². The van der Waals surface area contributed by atoms with Gasteiger partial charge in [0.05, 0.1) is 30.2 Å². The Morgan fingerprint density at radius 2 is 1.81 bits per heavy atom. The molecule has 0 aliphatic carbocycles. The molecule has 1 spiro atoms. The Kier molecular flexibility index (Phi) is 4.46. The molecule has 1 amide bonds. The summed E-state index contributed by atoms with van der Waals surface area (Å²) in [6.07, 6.45) is 1.28. The molecule has 0 atom stereocenters. The number of aromatic nitrogens is 2. The summed E-state index contributed by atoms with van der Waals surface area (Å²) in [5.41, 5.74) is 1.52. The Hall–Kier alpha value is -1.96. The molecule has 3 heterocycles. The molecule has 2 aliphatic rings. The molecule has 0 saturated carbocycles. The molecule has 1 aromatic heterocycles. The predicted octanol–water partition coefficient (Wildman–Crippen LogP) is 2.95. The van der Waals surface area contributed by atoms with Crippen molar-refractivity contribution in [1.29, 1.82) is 0 Å². The summed E-state index contributed by atoms with van der Waals surface area (Å²) in [7, 11) is 0. The Balaban J connectivity index is 1.56. The first-order chi connectivity index (χ1) is 12.5. The summed E-state index contributed by atoms with van der Waals surface area (Å²) in [5, 5.41) is 4.59. The molecule has 2 aliphatic heterocycles. The summed E-state index contributed by atoms with van der Waals surface area (Å²) in [6, 6.07) is 5.80. The quantitative estimate of drug-likeness (QED) is 0.805. The summed E-state index contributed by atoms with van der Waals surface area (Å²) in [6.45, 7) is 4.02. The van der Waals surface area contributed by atoms with E-state index >= 15 is 0 Å². The SMILES string of the molecule is Cc1nn(-c2ccc(F)cc2)c(Cl)c1C(=O)N1CCC2(CC1)OCCO2. The molecule has 6 nitrogen and oxygen atoms in total. The van der Waals surface area contributed by atoms with E-state index < -0.39 is 5.79 Å². The maximum atomic E-state index is 13.1. The molecule has 2 saturated heterocycles. The molecule has 2 aromatic rings. The molecular weight excluding hydrogens is 361 g/mol. The second-order valence-electron chi connectivity index (χ2n) is 6.54. The van der Waals surface area contributed by atoms with Crippen molar-refractivity contribution < 1.29 is 18.7 Å². The van der Waals surface area contributed by atoms with Crippen LogP contribution in [0.15, 0.2) is 24.3 Å². The number of hydrogen-bond acceptors (Lipinski definition) is 4. The van der Waals surface area contributed by atoms with Gasteiger partial charge in [-0.05, 0) is 31.2 Å². The molecule has 0 bridgehead atoms. The van der Waals surface area contributed by atoms with Crippen LogP contribution in [-0.4, -0.2) is 52.7 Å². The van der Waals surface area contributed by atoms with E-state index in [0.29, 0.717) is 56.1 Å². The number of halogens is 2. The van der Waals surface area contributed by atoms with Crippen LogP contribution in [0.25, 0.3) is 5.69 Å². The third-order valence-electron chi connectivity index (χ3n) is 4.92. The van der Waals surface area contributed by atoms with Crippen LogP contribution in [0.4, 0.5) is 4.39 Å². The van der Waals surface area contributed by atoms with Gasteiger partial charge in [0, 0.05) is 25.9 Å². The van der Waals surface area contributed by atoms with Crippen molar-refractivity contribution in [2.45, 2.75) is 25.6 Å². The van der Waals surface area contributed by atoms with E-state index in [2.05, 4.69) is 5.10 Å². The molecule has 0 N–H and O–H groups in total. The second kappa shape index (κ2) is 6.64. The van der Waals surface area contributed by atoms with Gasteiger partial charge in [0.1, 0.15) is 11.0 Å². The Morgan fingerprint density at radius 3 is 2.42 bits per heavy atom. The minimum Gasteiger partial charge on any atom is -0.347 e. The highest BCUT2D eigenvalue weighted by Gasteiger charge is 2.41. The van der Waals surface area contributed by atoms with E-state index in [-0.39, 0.29) is 16.9 Å². The van der Waals surface area contributed by atoms with Crippen molar-refractivity contribution in [3.05, 3.63) is 46.5 Å². The van der Waals surface area contributed by atoms with E-state index in [9.17, 15) is 9.18 Å². The van der Waals surface area contributed by atoms with Gasteiger partial charge in [-0.15, -0.1) is 0 Å². The zero-order chi connectivity index (χ0) is 18.3. The highest BCUT2D eigenvalue weighted by molar-refractivity contribution is 6.33. The number of nitrogens with zero attached hydrogens (tertiary/aromatic N) is 3. The van der Waals surface area contributed by atoms with E-state index in [1.54, 1.807) is 24.0 Å². The van der Waals surface area contributed by atoms with Crippen LogP contribution in [0.3, 0.4) is 0 Å². The number of likely N-dealkylation sites (tertiary alicyclic amines) is 1. The molecule has 26 heavy (non-hydrogen) atoms. The van der Waals surface area contributed by atoms with Gasteiger partial charge in [-0.2, -0.15) is 5.10 Å². The minimum absolute atomic E-state index is 0.159. The largest absolute Gasteiger partial charge is 0.347 e. The zero-order valence-electron chi connectivity index (χ0n) is 14.4. The lowest BCUT2D eigenvalue weighted by Gasteiger charge is -2.37. The lowest BCUT2D eigenvalue weighted by atomic mass is 10.0. The number of benzene rings is 1. The first-order valence-electron chi connectivity index (χ1n) is 8.57. The third-order valence-corrected chi connectivity index (χ3v) is 5.26. The summed E-state index contributed by atoms with van der Waals surface area (Å²) in [4.78, 5) is 14.7. The van der Waals surface area contributed by atoms with Gasteiger partial charge >= 0.3 is 0 Å².